The normalized spacial score (nSPS) is 11.2. The summed E-state index contributed by atoms with van der Waals surface area (Å²) in [4.78, 5) is 10.8. The van der Waals surface area contributed by atoms with Gasteiger partial charge in [-0.05, 0) is 36.4 Å². The zero-order valence-electron chi connectivity index (χ0n) is 13.5. The van der Waals surface area contributed by atoms with Gasteiger partial charge in [0.1, 0.15) is 5.75 Å². The number of halogens is 3. The van der Waals surface area contributed by atoms with Crippen LogP contribution in [0.1, 0.15) is 11.3 Å². The van der Waals surface area contributed by atoms with E-state index in [9.17, 15) is 23.2 Å². The average molecular weight is 376 g/mol. The van der Waals surface area contributed by atoms with Crippen LogP contribution >= 0.6 is 0 Å². The molecule has 2 aromatic carbocycles. The second-order valence-electron chi connectivity index (χ2n) is 5.37. The van der Waals surface area contributed by atoms with E-state index in [0.29, 0.717) is 27.8 Å². The molecule has 3 rings (SSSR count). The van der Waals surface area contributed by atoms with Crippen LogP contribution in [0.4, 0.5) is 18.0 Å². The van der Waals surface area contributed by atoms with E-state index in [0.717, 1.165) is 12.1 Å². The molecule has 0 fully saturated rings. The van der Waals surface area contributed by atoms with Gasteiger partial charge in [0.15, 0.2) is 0 Å². The van der Waals surface area contributed by atoms with Crippen molar-refractivity contribution in [2.24, 2.45) is 0 Å². The maximum absolute atomic E-state index is 12.3. The maximum atomic E-state index is 12.3. The monoisotopic (exact) mass is 376 g/mol. The number of hydrogen-bond acceptors (Lipinski definition) is 4. The van der Waals surface area contributed by atoms with Crippen LogP contribution in [-0.4, -0.2) is 27.3 Å². The van der Waals surface area contributed by atoms with E-state index in [2.05, 4.69) is 15.2 Å². The number of hydrogen-bond donors (Lipinski definition) is 2. The molecule has 1 aromatic heterocycles. The lowest BCUT2D eigenvalue weighted by molar-refractivity contribution is -0.274. The minimum atomic E-state index is -4.79. The van der Waals surface area contributed by atoms with E-state index < -0.39 is 12.5 Å². The van der Waals surface area contributed by atoms with E-state index in [1.54, 1.807) is 18.2 Å². The molecular formula is C17H11F3N4O3. The summed E-state index contributed by atoms with van der Waals surface area (Å²) in [7, 11) is 0. The van der Waals surface area contributed by atoms with Crippen LogP contribution in [-0.2, 0) is 6.54 Å². The molecule has 1 heterocycles. The number of aromatic nitrogens is 2. The summed E-state index contributed by atoms with van der Waals surface area (Å²) in [5.74, 6) is -0.381. The van der Waals surface area contributed by atoms with E-state index >= 15 is 0 Å². The van der Waals surface area contributed by atoms with Crippen LogP contribution in [0.15, 0.2) is 42.5 Å². The Bertz CT molecular complexity index is 1040. The Balaban J connectivity index is 2.06. The molecule has 0 radical (unpaired) electrons. The van der Waals surface area contributed by atoms with Gasteiger partial charge in [0.2, 0.25) is 0 Å². The molecule has 7 nitrogen and oxygen atoms in total. The summed E-state index contributed by atoms with van der Waals surface area (Å²) in [5.41, 5.74) is 1.56. The molecule has 1 amide bonds. The zero-order chi connectivity index (χ0) is 19.6. The molecule has 27 heavy (non-hydrogen) atoms. The van der Waals surface area contributed by atoms with Crippen molar-refractivity contribution in [3.05, 3.63) is 53.7 Å². The summed E-state index contributed by atoms with van der Waals surface area (Å²) in [6.45, 7) is -0.132. The summed E-state index contributed by atoms with van der Waals surface area (Å²) >= 11 is 0. The van der Waals surface area contributed by atoms with Gasteiger partial charge in [-0.3, -0.25) is 0 Å². The number of rotatable bonds is 4. The standard InChI is InChI=1S/C17H11F3N4O3/c18-17(19,20)27-12-6-4-11(5-7-12)24-14-3-1-2-10(8-21)15(14)13(23-24)9-22-16(25)26/h1-7,22H,9H2,(H,25,26). The predicted molar refractivity (Wildman–Crippen MR) is 87.3 cm³/mol. The number of carboxylic acid groups (broad SMARTS) is 1. The molecule has 0 atom stereocenters. The van der Waals surface area contributed by atoms with Gasteiger partial charge in [-0.2, -0.15) is 10.4 Å². The van der Waals surface area contributed by atoms with Gasteiger partial charge in [0.25, 0.3) is 0 Å². The van der Waals surface area contributed by atoms with Crippen molar-refractivity contribution in [3.8, 4) is 17.5 Å². The van der Waals surface area contributed by atoms with Crippen LogP contribution in [0.2, 0.25) is 0 Å². The largest absolute Gasteiger partial charge is 0.573 e. The minimum Gasteiger partial charge on any atom is -0.465 e. The van der Waals surface area contributed by atoms with Crippen molar-refractivity contribution in [1.29, 1.82) is 5.26 Å². The molecular weight excluding hydrogens is 365 g/mol. The van der Waals surface area contributed by atoms with Crippen LogP contribution in [0.5, 0.6) is 5.75 Å². The van der Waals surface area contributed by atoms with Crippen molar-refractivity contribution < 1.29 is 27.8 Å². The Labute approximate surface area is 150 Å². The Hall–Kier alpha value is -3.74. The van der Waals surface area contributed by atoms with Crippen molar-refractivity contribution >= 4 is 17.0 Å². The first-order valence-corrected chi connectivity index (χ1v) is 7.52. The van der Waals surface area contributed by atoms with Crippen molar-refractivity contribution in [2.75, 3.05) is 0 Å². The van der Waals surface area contributed by atoms with Gasteiger partial charge >= 0.3 is 12.5 Å². The second kappa shape index (κ2) is 6.87. The molecule has 0 unspecified atom stereocenters. The highest BCUT2D eigenvalue weighted by Crippen LogP contribution is 2.28. The first-order chi connectivity index (χ1) is 12.8. The Kier molecular flexibility index (Phi) is 4.60. The van der Waals surface area contributed by atoms with Crippen molar-refractivity contribution in [2.45, 2.75) is 12.9 Å². The summed E-state index contributed by atoms with van der Waals surface area (Å²) in [6, 6.07) is 11.9. The molecule has 2 N–H and O–H groups in total. The molecule has 0 aliphatic carbocycles. The summed E-state index contributed by atoms with van der Waals surface area (Å²) < 4.78 is 42.1. The smallest absolute Gasteiger partial charge is 0.465 e. The number of amides is 1. The van der Waals surface area contributed by atoms with E-state index in [1.165, 1.54) is 16.8 Å². The zero-order valence-corrected chi connectivity index (χ0v) is 13.5. The van der Waals surface area contributed by atoms with Gasteiger partial charge in [0, 0.05) is 5.39 Å². The number of benzene rings is 2. The Morgan fingerprint density at radius 1 is 1.26 bits per heavy atom. The van der Waals surface area contributed by atoms with Crippen molar-refractivity contribution in [3.63, 3.8) is 0 Å². The highest BCUT2D eigenvalue weighted by atomic mass is 19.4. The number of alkyl halides is 3. The summed E-state index contributed by atoms with van der Waals surface area (Å²) in [6.07, 6.45) is -6.04. The van der Waals surface area contributed by atoms with Gasteiger partial charge < -0.3 is 15.2 Å². The second-order valence-corrected chi connectivity index (χ2v) is 5.37. The SMILES string of the molecule is N#Cc1cccc2c1c(CNC(=O)O)nn2-c1ccc(OC(F)(F)F)cc1. The predicted octanol–water partition coefficient (Wildman–Crippen LogP) is 3.56. The third-order valence-electron chi connectivity index (χ3n) is 3.62. The molecule has 0 saturated heterocycles. The van der Waals surface area contributed by atoms with Gasteiger partial charge in [0.05, 0.1) is 35.1 Å². The number of carbonyl (C=O) groups is 1. The average Bonchev–Trinajstić information content (AvgIpc) is 2.98. The van der Waals surface area contributed by atoms with Crippen LogP contribution in [0.3, 0.4) is 0 Å². The third-order valence-corrected chi connectivity index (χ3v) is 3.62. The highest BCUT2D eigenvalue weighted by Gasteiger charge is 2.31. The molecule has 10 heteroatoms. The quantitative estimate of drug-likeness (QED) is 0.725. The molecule has 0 spiro atoms. The lowest BCUT2D eigenvalue weighted by Crippen LogP contribution is -2.20. The molecule has 3 aromatic rings. The Morgan fingerprint density at radius 2 is 1.96 bits per heavy atom. The fourth-order valence-electron chi connectivity index (χ4n) is 2.61. The topological polar surface area (TPSA) is 100 Å². The van der Waals surface area contributed by atoms with Gasteiger partial charge in [-0.1, -0.05) is 6.07 Å². The number of nitrogens with one attached hydrogen (secondary N) is 1. The van der Waals surface area contributed by atoms with E-state index in [1.807, 2.05) is 6.07 Å². The minimum absolute atomic E-state index is 0.132. The van der Waals surface area contributed by atoms with Gasteiger partial charge in [-0.25, -0.2) is 9.48 Å². The number of ether oxygens (including phenoxy) is 1. The van der Waals surface area contributed by atoms with E-state index in [-0.39, 0.29) is 12.3 Å². The van der Waals surface area contributed by atoms with Crippen LogP contribution in [0, 0.1) is 11.3 Å². The molecule has 0 aliphatic heterocycles. The number of fused-ring (bicyclic) bond motifs is 1. The van der Waals surface area contributed by atoms with Gasteiger partial charge in [-0.15, -0.1) is 13.2 Å². The fourth-order valence-corrected chi connectivity index (χ4v) is 2.61. The van der Waals surface area contributed by atoms with Crippen molar-refractivity contribution in [1.82, 2.24) is 15.1 Å². The lowest BCUT2D eigenvalue weighted by atomic mass is 10.1. The van der Waals surface area contributed by atoms with Crippen LogP contribution in [0.25, 0.3) is 16.6 Å². The number of nitrogens with zero attached hydrogens (tertiary/aromatic N) is 3. The third kappa shape index (κ3) is 3.92. The van der Waals surface area contributed by atoms with E-state index in [4.69, 9.17) is 5.11 Å². The fraction of sp³-hybridized carbons (Fsp3) is 0.118. The highest BCUT2D eigenvalue weighted by molar-refractivity contribution is 5.89. The molecule has 0 bridgehead atoms. The van der Waals surface area contributed by atoms with Crippen LogP contribution < -0.4 is 10.1 Å². The lowest BCUT2D eigenvalue weighted by Gasteiger charge is -2.09. The Morgan fingerprint density at radius 3 is 2.56 bits per heavy atom. The summed E-state index contributed by atoms with van der Waals surface area (Å²) in [5, 5.41) is 25.1. The maximum Gasteiger partial charge on any atom is 0.573 e. The molecule has 0 aliphatic rings. The number of nitriles is 1. The molecule has 0 saturated carbocycles. The molecule has 138 valence electrons. The first kappa shape index (κ1) is 18.1. The first-order valence-electron chi connectivity index (χ1n) is 7.52.